The van der Waals surface area contributed by atoms with E-state index in [9.17, 15) is 19.0 Å². The van der Waals surface area contributed by atoms with Gasteiger partial charge in [-0.15, -0.1) is 0 Å². The number of carbonyl (C=O) groups excluding carboxylic acids is 2. The fraction of sp³-hybridized carbons (Fsp3) is 0.889. The molecule has 0 saturated carbocycles. The number of likely N-dealkylation sites (N-methyl/N-ethyl adjacent to an activating group) is 1. The zero-order chi connectivity index (χ0) is 78.2. The zero-order valence-corrected chi connectivity index (χ0v) is 73.8. The highest BCUT2D eigenvalue weighted by atomic mass is 79.9. The third kappa shape index (κ3) is 93.0. The summed E-state index contributed by atoms with van der Waals surface area (Å²) in [4.78, 5) is 36.9. The summed E-state index contributed by atoms with van der Waals surface area (Å²) in [7, 11) is -0.0888. The van der Waals surface area contributed by atoms with Gasteiger partial charge in [0.1, 0.15) is 25.8 Å². The molecule has 0 aromatic rings. The van der Waals surface area contributed by atoms with Crippen molar-refractivity contribution in [3.8, 4) is 0 Å². The smallest absolute Gasteiger partial charge is 0.306 e. The summed E-state index contributed by atoms with van der Waals surface area (Å²) in [6.45, 7) is 15.5. The predicted octanol–water partition coefficient (Wildman–Crippen LogP) is 20.6. The Labute approximate surface area is 677 Å². The van der Waals surface area contributed by atoms with Gasteiger partial charge in [-0.2, -0.15) is 0 Å². The van der Waals surface area contributed by atoms with Gasteiger partial charge in [0.05, 0.1) is 80.2 Å². The first-order valence-electron chi connectivity index (χ1n) is 45.0. The molecule has 0 heterocycles. The molecule has 2 unspecified atom stereocenters. The normalized spacial score (nSPS) is 13.1. The first-order chi connectivity index (χ1) is 52.4. The number of hydrogen-bond acceptors (Lipinski definition) is 15. The highest BCUT2D eigenvalue weighted by molar-refractivity contribution is 7.45. The number of ether oxygens (including phenoxy) is 7. The van der Waals surface area contributed by atoms with Crippen molar-refractivity contribution in [1.29, 1.82) is 0 Å². The van der Waals surface area contributed by atoms with Crippen molar-refractivity contribution >= 4 is 19.8 Å². The first kappa shape index (κ1) is 110. The monoisotopic (exact) mass is 1620 g/mol. The van der Waals surface area contributed by atoms with Crippen molar-refractivity contribution in [3.05, 3.63) is 48.6 Å². The van der Waals surface area contributed by atoms with E-state index in [1.54, 1.807) is 0 Å². The van der Waals surface area contributed by atoms with E-state index < -0.39 is 32.5 Å². The maximum atomic E-state index is 12.5. The summed E-state index contributed by atoms with van der Waals surface area (Å²) in [5, 5.41) is 8.77. The van der Waals surface area contributed by atoms with E-state index in [2.05, 4.69) is 94.9 Å². The van der Waals surface area contributed by atoms with Crippen LogP contribution in [-0.4, -0.2) is 153 Å². The van der Waals surface area contributed by atoms with Gasteiger partial charge in [0.2, 0.25) is 0 Å². The summed E-state index contributed by atoms with van der Waals surface area (Å²) in [6.07, 6.45) is 85.8. The number of phosphoric ester groups is 1. The number of quaternary nitrogens is 1. The number of aliphatic hydroxyl groups excluding tert-OH is 1. The molecule has 108 heavy (non-hydrogen) atoms. The zero-order valence-electron chi connectivity index (χ0n) is 71.3. The van der Waals surface area contributed by atoms with E-state index in [4.69, 9.17) is 48.5 Å². The van der Waals surface area contributed by atoms with Crippen LogP contribution in [0.5, 0.6) is 0 Å². The molecule has 16 nitrogen and oxygen atoms in total. The van der Waals surface area contributed by atoms with Crippen molar-refractivity contribution in [2.45, 2.75) is 399 Å². The van der Waals surface area contributed by atoms with Crippen molar-refractivity contribution in [2.75, 3.05) is 120 Å². The molecule has 0 fully saturated rings. The van der Waals surface area contributed by atoms with Crippen LogP contribution in [0.3, 0.4) is 0 Å². The van der Waals surface area contributed by atoms with Crippen LogP contribution >= 0.6 is 7.82 Å². The Kier molecular flexibility index (Phi) is 94.3. The molecule has 0 amide bonds. The molecule has 3 atom stereocenters. The number of halogens is 1. The standard InChI is InChI=1S/C49H98NO6.C41H78NO8P.BrH/c1-5-7-9-11-13-15-17-19-21-23-25-27-29-31-33-35-39-55-48-49(47-50(3,4)37-41-52-43-45-54-46-44-53-42-38-51)56-40-36-34-32-30-28-26-24-22-20-18-16-14-12-10-8-6-2;1-3-5-7-9-11-13-15-17-19-21-23-25-27-29-31-33-40(43)47-37-39(38-49-51(45,46)48-36-35-42)50-41(44)34-32-30-28-26-24-22-20-18-16-14-12-10-8-6-4-2;/h19-22,49,51H,5-18,23-48H2,1-4H3;17-20,39H,3-16,21-38,42H2,1-2H3,(H,45,46);1H/q+1;;/p-2/b21-19-,22-20-;19-17-,20-18-;/t;39-;/m.1./s1. The lowest BCUT2D eigenvalue weighted by Crippen LogP contribution is -3.00. The molecule has 0 aromatic carbocycles. The minimum absolute atomic E-state index is 0. The van der Waals surface area contributed by atoms with E-state index in [-0.39, 0.29) is 62.3 Å². The molecular weight excluding hydrogens is 1440 g/mol. The summed E-state index contributed by atoms with van der Waals surface area (Å²) in [5.74, 6) is -0.881. The van der Waals surface area contributed by atoms with E-state index >= 15 is 0 Å². The van der Waals surface area contributed by atoms with Crippen molar-refractivity contribution in [3.63, 3.8) is 0 Å². The van der Waals surface area contributed by atoms with Crippen LogP contribution in [0.4, 0.5) is 0 Å². The van der Waals surface area contributed by atoms with Crippen LogP contribution in [-0.2, 0) is 56.4 Å². The maximum absolute atomic E-state index is 12.5. The molecule has 0 aromatic heterocycles. The minimum Gasteiger partial charge on any atom is -1.00 e. The number of nitrogens with zero attached hydrogens (tertiary/aromatic N) is 1. The molecule has 18 heteroatoms. The van der Waals surface area contributed by atoms with Crippen LogP contribution in [0, 0.1) is 0 Å². The van der Waals surface area contributed by atoms with Gasteiger partial charge in [0, 0.05) is 32.6 Å². The van der Waals surface area contributed by atoms with Gasteiger partial charge < -0.3 is 79.4 Å². The lowest BCUT2D eigenvalue weighted by Gasteiger charge is -2.33. The number of nitrogens with two attached hydrogens (primary N) is 1. The highest BCUT2D eigenvalue weighted by Gasteiger charge is 2.24. The van der Waals surface area contributed by atoms with Crippen molar-refractivity contribution in [1.82, 2.24) is 0 Å². The van der Waals surface area contributed by atoms with Crippen LogP contribution in [0.2, 0.25) is 0 Å². The Morgan fingerprint density at radius 1 is 0.370 bits per heavy atom. The summed E-state index contributed by atoms with van der Waals surface area (Å²) >= 11 is 0. The molecule has 0 rings (SSSR count). The Bertz CT molecular complexity index is 1970. The largest absolute Gasteiger partial charge is 1.00 e. The lowest BCUT2D eigenvalue weighted by molar-refractivity contribution is -0.894. The molecule has 0 bridgehead atoms. The van der Waals surface area contributed by atoms with Crippen LogP contribution in [0.1, 0.15) is 387 Å². The van der Waals surface area contributed by atoms with E-state index in [1.807, 2.05) is 0 Å². The molecule has 3 N–H and O–H groups in total. The Hall–Kier alpha value is -1.83. The molecule has 0 aliphatic rings. The number of allylic oxidation sites excluding steroid dienone is 8. The molecule has 642 valence electrons. The summed E-state index contributed by atoms with van der Waals surface area (Å²) in [5.41, 5.74) is 5.31. The molecular formula is C90H175BrN2O14P-. The van der Waals surface area contributed by atoms with Gasteiger partial charge in [0.15, 0.2) is 6.10 Å². The van der Waals surface area contributed by atoms with Gasteiger partial charge in [0.25, 0.3) is 7.82 Å². The fourth-order valence-electron chi connectivity index (χ4n) is 12.7. The number of aliphatic hydroxyl groups is 1. The third-order valence-corrected chi connectivity index (χ3v) is 20.4. The number of hydrogen-bond donors (Lipinski definition) is 2. The van der Waals surface area contributed by atoms with E-state index in [0.29, 0.717) is 59.1 Å². The average molecular weight is 1620 g/mol. The van der Waals surface area contributed by atoms with E-state index in [1.165, 1.54) is 257 Å². The van der Waals surface area contributed by atoms with Crippen LogP contribution in [0.15, 0.2) is 48.6 Å². The van der Waals surface area contributed by atoms with Gasteiger partial charge >= 0.3 is 11.9 Å². The number of unbranched alkanes of at least 4 members (excludes halogenated alkanes) is 46. The van der Waals surface area contributed by atoms with Crippen LogP contribution < -0.4 is 27.6 Å². The van der Waals surface area contributed by atoms with Crippen molar-refractivity contribution < 1.29 is 87.8 Å². The molecule has 0 saturated heterocycles. The highest BCUT2D eigenvalue weighted by Crippen LogP contribution is 2.38. The molecule has 0 radical (unpaired) electrons. The lowest BCUT2D eigenvalue weighted by atomic mass is 10.1. The number of esters is 2. The fourth-order valence-corrected chi connectivity index (χ4v) is 13.4. The first-order valence-corrected chi connectivity index (χ1v) is 46.5. The second-order valence-corrected chi connectivity index (χ2v) is 32.1. The van der Waals surface area contributed by atoms with Crippen molar-refractivity contribution in [2.24, 2.45) is 5.73 Å². The number of carbonyl (C=O) groups is 2. The summed E-state index contributed by atoms with van der Waals surface area (Å²) in [6, 6.07) is 0. The van der Waals surface area contributed by atoms with E-state index in [0.717, 1.165) is 108 Å². The number of rotatable bonds is 87. The molecule has 0 aliphatic heterocycles. The Balaban J connectivity index is -0.00000203. The predicted molar refractivity (Wildman–Crippen MR) is 449 cm³/mol. The number of phosphoric acid groups is 1. The summed E-state index contributed by atoms with van der Waals surface area (Å²) < 4.78 is 62.5. The third-order valence-electron chi connectivity index (χ3n) is 19.4. The quantitative estimate of drug-likeness (QED) is 0.0191. The second kappa shape index (κ2) is 92.3. The molecule has 0 spiro atoms. The minimum atomic E-state index is -4.62. The molecule has 0 aliphatic carbocycles. The van der Waals surface area contributed by atoms with Gasteiger partial charge in [-0.05, 0) is 128 Å². The van der Waals surface area contributed by atoms with Crippen LogP contribution in [0.25, 0.3) is 0 Å². The topological polar surface area (TPSA) is 204 Å². The van der Waals surface area contributed by atoms with Gasteiger partial charge in [-0.3, -0.25) is 14.2 Å². The average Bonchev–Trinajstić information content (AvgIpc) is 0.910. The Morgan fingerprint density at radius 2 is 0.694 bits per heavy atom. The SMILES string of the molecule is CCCCCCCC/C=C\CCCCCCCC(=O)OC[C@H](COP(=O)([O-])OCCN)OC(=O)CCCCCCC/C=C\CCCCCCCC.CCCCCCCC/C=C\CCCCCCCCOCC(C[N+](C)(C)CCOCCOCCOCCO)OCCCCCCCC/C=C\CCCCCCCC.[Br-]. The van der Waals surface area contributed by atoms with Gasteiger partial charge in [-0.25, -0.2) is 0 Å². The second-order valence-electron chi connectivity index (χ2n) is 30.7. The Morgan fingerprint density at radius 3 is 1.06 bits per heavy atom. The maximum Gasteiger partial charge on any atom is 0.306 e. The van der Waals surface area contributed by atoms with Gasteiger partial charge in [-0.1, -0.05) is 295 Å².